The lowest BCUT2D eigenvalue weighted by Crippen LogP contribution is -2.40. The van der Waals surface area contributed by atoms with Crippen LogP contribution < -0.4 is 11.1 Å². The van der Waals surface area contributed by atoms with Crippen LogP contribution in [0.2, 0.25) is 0 Å². The van der Waals surface area contributed by atoms with Gasteiger partial charge in [0, 0.05) is 24.0 Å². The molecule has 1 atom stereocenters. The van der Waals surface area contributed by atoms with Crippen molar-refractivity contribution in [3.05, 3.63) is 23.8 Å². The van der Waals surface area contributed by atoms with Crippen molar-refractivity contribution < 1.29 is 4.74 Å². The first-order valence-corrected chi connectivity index (χ1v) is 6.23. The van der Waals surface area contributed by atoms with Crippen LogP contribution in [-0.4, -0.2) is 18.2 Å². The van der Waals surface area contributed by atoms with E-state index in [-0.39, 0.29) is 5.60 Å². The Kier molecular flexibility index (Phi) is 3.29. The lowest BCUT2D eigenvalue weighted by molar-refractivity contribution is -0.0553. The molecule has 1 unspecified atom stereocenters. The van der Waals surface area contributed by atoms with Gasteiger partial charge in [0.15, 0.2) is 0 Å². The average molecular weight is 234 g/mol. The molecule has 3 N–H and O–H groups in total. The van der Waals surface area contributed by atoms with E-state index >= 15 is 0 Å². The summed E-state index contributed by atoms with van der Waals surface area (Å²) in [5.74, 6) is 0. The summed E-state index contributed by atoms with van der Waals surface area (Å²) in [6.45, 7) is 7.17. The third kappa shape index (κ3) is 2.91. The van der Waals surface area contributed by atoms with Crippen molar-refractivity contribution in [3.63, 3.8) is 0 Å². The van der Waals surface area contributed by atoms with E-state index in [0.717, 1.165) is 36.4 Å². The van der Waals surface area contributed by atoms with Gasteiger partial charge >= 0.3 is 0 Å². The molecule has 0 amide bonds. The number of benzene rings is 1. The highest BCUT2D eigenvalue weighted by Crippen LogP contribution is 2.28. The molecule has 0 spiro atoms. The minimum atomic E-state index is -0.0237. The summed E-state index contributed by atoms with van der Waals surface area (Å²) in [7, 11) is 0. The van der Waals surface area contributed by atoms with Crippen molar-refractivity contribution in [1.82, 2.24) is 0 Å². The predicted molar refractivity (Wildman–Crippen MR) is 72.3 cm³/mol. The maximum Gasteiger partial charge on any atom is 0.0646 e. The molecule has 1 heterocycles. The monoisotopic (exact) mass is 234 g/mol. The fraction of sp³-hybridized carbons (Fsp3) is 0.571. The van der Waals surface area contributed by atoms with Crippen LogP contribution in [0.1, 0.15) is 32.3 Å². The fourth-order valence-electron chi connectivity index (χ4n) is 2.38. The van der Waals surface area contributed by atoms with E-state index in [1.165, 1.54) is 0 Å². The van der Waals surface area contributed by atoms with Crippen LogP contribution in [0, 0.1) is 6.92 Å². The van der Waals surface area contributed by atoms with E-state index in [2.05, 4.69) is 32.2 Å². The SMILES string of the molecule is Cc1c(N)cccc1NC1CCOC(C)(C)C1. The summed E-state index contributed by atoms with van der Waals surface area (Å²) >= 11 is 0. The lowest BCUT2D eigenvalue weighted by Gasteiger charge is -2.36. The Morgan fingerprint density at radius 3 is 2.88 bits per heavy atom. The molecule has 0 bridgehead atoms. The molecule has 0 aliphatic carbocycles. The number of nitrogen functional groups attached to an aromatic ring is 1. The second kappa shape index (κ2) is 4.57. The second-order valence-corrected chi connectivity index (χ2v) is 5.46. The van der Waals surface area contributed by atoms with Gasteiger partial charge in [0.25, 0.3) is 0 Å². The first-order valence-electron chi connectivity index (χ1n) is 6.23. The summed E-state index contributed by atoms with van der Waals surface area (Å²) in [5, 5.41) is 3.59. The molecule has 1 fully saturated rings. The molecule has 0 radical (unpaired) electrons. The maximum absolute atomic E-state index is 5.91. The molecule has 0 saturated carbocycles. The molecule has 2 rings (SSSR count). The summed E-state index contributed by atoms with van der Waals surface area (Å²) in [4.78, 5) is 0. The zero-order valence-electron chi connectivity index (χ0n) is 10.9. The average Bonchev–Trinajstić information content (AvgIpc) is 2.23. The summed E-state index contributed by atoms with van der Waals surface area (Å²) in [6, 6.07) is 6.50. The van der Waals surface area contributed by atoms with E-state index in [0.29, 0.717) is 6.04 Å². The van der Waals surface area contributed by atoms with Gasteiger partial charge in [-0.05, 0) is 51.3 Å². The van der Waals surface area contributed by atoms with Crippen molar-refractivity contribution >= 4 is 11.4 Å². The standard InChI is InChI=1S/C14H22N2O/c1-10-12(15)5-4-6-13(10)16-11-7-8-17-14(2,3)9-11/h4-6,11,16H,7-9,15H2,1-3H3. The normalized spacial score (nSPS) is 23.4. The molecule has 1 saturated heterocycles. The van der Waals surface area contributed by atoms with Crippen LogP contribution in [-0.2, 0) is 4.74 Å². The third-order valence-corrected chi connectivity index (χ3v) is 3.43. The molecular formula is C14H22N2O. The minimum Gasteiger partial charge on any atom is -0.398 e. The van der Waals surface area contributed by atoms with E-state index in [9.17, 15) is 0 Å². The molecule has 1 aromatic carbocycles. The van der Waals surface area contributed by atoms with E-state index in [1.807, 2.05) is 12.1 Å². The van der Waals surface area contributed by atoms with Gasteiger partial charge in [-0.1, -0.05) is 6.07 Å². The van der Waals surface area contributed by atoms with Gasteiger partial charge in [0.2, 0.25) is 0 Å². The van der Waals surface area contributed by atoms with E-state index in [1.54, 1.807) is 0 Å². The summed E-state index contributed by atoms with van der Waals surface area (Å²) in [5.41, 5.74) is 9.02. The number of ether oxygens (including phenoxy) is 1. The smallest absolute Gasteiger partial charge is 0.0646 e. The van der Waals surface area contributed by atoms with Gasteiger partial charge in [0.1, 0.15) is 0 Å². The van der Waals surface area contributed by atoms with Gasteiger partial charge in [-0.2, -0.15) is 0 Å². The largest absolute Gasteiger partial charge is 0.398 e. The summed E-state index contributed by atoms with van der Waals surface area (Å²) < 4.78 is 5.72. The van der Waals surface area contributed by atoms with Gasteiger partial charge < -0.3 is 15.8 Å². The Morgan fingerprint density at radius 2 is 2.18 bits per heavy atom. The number of hydrogen-bond donors (Lipinski definition) is 2. The highest BCUT2D eigenvalue weighted by atomic mass is 16.5. The van der Waals surface area contributed by atoms with Gasteiger partial charge in [-0.3, -0.25) is 0 Å². The van der Waals surface area contributed by atoms with Gasteiger partial charge in [0.05, 0.1) is 5.60 Å². The number of hydrogen-bond acceptors (Lipinski definition) is 3. The minimum absolute atomic E-state index is 0.0237. The quantitative estimate of drug-likeness (QED) is 0.773. The number of anilines is 2. The van der Waals surface area contributed by atoms with Crippen molar-refractivity contribution in [2.24, 2.45) is 0 Å². The fourth-order valence-corrected chi connectivity index (χ4v) is 2.38. The Hall–Kier alpha value is -1.22. The molecule has 0 aromatic heterocycles. The Balaban J connectivity index is 2.08. The maximum atomic E-state index is 5.91. The van der Waals surface area contributed by atoms with Gasteiger partial charge in [-0.15, -0.1) is 0 Å². The Bertz CT molecular complexity index is 401. The van der Waals surface area contributed by atoms with Crippen LogP contribution in [0.5, 0.6) is 0 Å². The topological polar surface area (TPSA) is 47.3 Å². The zero-order chi connectivity index (χ0) is 12.5. The van der Waals surface area contributed by atoms with Crippen LogP contribution in [0.4, 0.5) is 11.4 Å². The van der Waals surface area contributed by atoms with Crippen molar-refractivity contribution in [3.8, 4) is 0 Å². The van der Waals surface area contributed by atoms with Crippen LogP contribution in [0.25, 0.3) is 0 Å². The molecule has 1 aliphatic rings. The predicted octanol–water partition coefficient (Wildman–Crippen LogP) is 2.95. The van der Waals surface area contributed by atoms with E-state index in [4.69, 9.17) is 10.5 Å². The molecule has 17 heavy (non-hydrogen) atoms. The molecule has 3 nitrogen and oxygen atoms in total. The first-order chi connectivity index (χ1) is 7.98. The molecule has 1 aliphatic heterocycles. The van der Waals surface area contributed by atoms with Crippen molar-refractivity contribution in [2.75, 3.05) is 17.7 Å². The zero-order valence-corrected chi connectivity index (χ0v) is 10.9. The molecule has 3 heteroatoms. The molecular weight excluding hydrogens is 212 g/mol. The highest BCUT2D eigenvalue weighted by Gasteiger charge is 2.28. The third-order valence-electron chi connectivity index (χ3n) is 3.43. The van der Waals surface area contributed by atoms with E-state index < -0.39 is 0 Å². The Labute approximate surface area is 103 Å². The molecule has 94 valence electrons. The van der Waals surface area contributed by atoms with Crippen molar-refractivity contribution in [1.29, 1.82) is 0 Å². The summed E-state index contributed by atoms with van der Waals surface area (Å²) in [6.07, 6.45) is 2.08. The van der Waals surface area contributed by atoms with Crippen LogP contribution in [0.15, 0.2) is 18.2 Å². The highest BCUT2D eigenvalue weighted by molar-refractivity contribution is 5.63. The first kappa shape index (κ1) is 12.2. The second-order valence-electron chi connectivity index (χ2n) is 5.46. The number of nitrogens with two attached hydrogens (primary N) is 1. The van der Waals surface area contributed by atoms with Crippen LogP contribution in [0.3, 0.4) is 0 Å². The van der Waals surface area contributed by atoms with Crippen LogP contribution >= 0.6 is 0 Å². The molecule has 1 aromatic rings. The Morgan fingerprint density at radius 1 is 1.41 bits per heavy atom. The van der Waals surface area contributed by atoms with Crippen molar-refractivity contribution in [2.45, 2.75) is 45.3 Å². The lowest BCUT2D eigenvalue weighted by atomic mass is 9.93. The number of nitrogens with one attached hydrogen (secondary N) is 1. The van der Waals surface area contributed by atoms with Gasteiger partial charge in [-0.25, -0.2) is 0 Å². The number of rotatable bonds is 2.